The molecule has 1 heterocycles. The third-order valence-corrected chi connectivity index (χ3v) is 4.46. The molecule has 2 N–H and O–H groups in total. The summed E-state index contributed by atoms with van der Waals surface area (Å²) in [5.41, 5.74) is 2.11. The first kappa shape index (κ1) is 15.2. The van der Waals surface area contributed by atoms with Gasteiger partial charge in [-0.1, -0.05) is 42.8 Å². The quantitative estimate of drug-likeness (QED) is 0.821. The maximum atomic E-state index is 9.94. The molecule has 0 fully saturated rings. The molecule has 5 nitrogen and oxygen atoms in total. The largest absolute Gasteiger partial charge is 0.394 e. The second kappa shape index (κ2) is 6.58. The van der Waals surface area contributed by atoms with Crippen molar-refractivity contribution in [3.8, 4) is 0 Å². The predicted molar refractivity (Wildman–Crippen MR) is 83.3 cm³/mol. The average molecular weight is 301 g/mol. The maximum absolute atomic E-state index is 9.94. The van der Waals surface area contributed by atoms with Crippen molar-refractivity contribution in [3.05, 3.63) is 47.1 Å². The number of aromatic nitrogens is 2. The number of hydrogen-bond acceptors (Lipinski definition) is 5. The monoisotopic (exact) mass is 301 g/mol. The minimum Gasteiger partial charge on any atom is -0.394 e. The van der Waals surface area contributed by atoms with Crippen molar-refractivity contribution in [1.82, 2.24) is 15.5 Å². The van der Waals surface area contributed by atoms with Crippen LogP contribution >= 0.6 is 0 Å². The molecule has 0 bridgehead atoms. The Hall–Kier alpha value is -1.72. The predicted octanol–water partition coefficient (Wildman–Crippen LogP) is 2.34. The third kappa shape index (κ3) is 2.91. The van der Waals surface area contributed by atoms with E-state index in [0.29, 0.717) is 18.3 Å². The number of unbranched alkanes of at least 4 members (excludes halogenated alkanes) is 1. The highest BCUT2D eigenvalue weighted by atomic mass is 16.5. The summed E-state index contributed by atoms with van der Waals surface area (Å²) >= 11 is 0. The second-order valence-corrected chi connectivity index (χ2v) is 5.96. The lowest BCUT2D eigenvalue weighted by atomic mass is 9.92. The van der Waals surface area contributed by atoms with Crippen LogP contribution in [0.1, 0.15) is 49.0 Å². The zero-order valence-corrected chi connectivity index (χ0v) is 13.0. The highest BCUT2D eigenvalue weighted by Crippen LogP contribution is 2.36. The summed E-state index contributed by atoms with van der Waals surface area (Å²) < 4.78 is 5.25. The number of benzene rings is 1. The van der Waals surface area contributed by atoms with Crippen molar-refractivity contribution < 1.29 is 9.63 Å². The Morgan fingerprint density at radius 3 is 3.05 bits per heavy atom. The molecule has 0 amide bonds. The molecular weight excluding hydrogens is 278 g/mol. The molecule has 1 aliphatic carbocycles. The summed E-state index contributed by atoms with van der Waals surface area (Å²) in [5, 5.41) is 17.4. The Labute approximate surface area is 130 Å². The fourth-order valence-corrected chi connectivity index (χ4v) is 3.13. The number of rotatable bonds is 7. The molecule has 118 valence electrons. The summed E-state index contributed by atoms with van der Waals surface area (Å²) in [4.78, 5) is 4.41. The Balaban J connectivity index is 1.68. The number of aryl methyl sites for hydroxylation is 2. The van der Waals surface area contributed by atoms with E-state index in [-0.39, 0.29) is 12.1 Å². The van der Waals surface area contributed by atoms with E-state index in [1.165, 1.54) is 11.1 Å². The van der Waals surface area contributed by atoms with Crippen LogP contribution in [-0.2, 0) is 24.9 Å². The molecule has 3 rings (SSSR count). The van der Waals surface area contributed by atoms with Gasteiger partial charge in [-0.15, -0.1) is 0 Å². The molecule has 0 radical (unpaired) electrons. The number of nitrogens with one attached hydrogen (secondary N) is 1. The molecule has 0 aliphatic heterocycles. The smallest absolute Gasteiger partial charge is 0.226 e. The molecule has 2 aromatic rings. The molecule has 22 heavy (non-hydrogen) atoms. The molecule has 1 aliphatic rings. The van der Waals surface area contributed by atoms with E-state index in [4.69, 9.17) is 4.52 Å². The van der Waals surface area contributed by atoms with Gasteiger partial charge in [-0.25, -0.2) is 0 Å². The first-order valence-electron chi connectivity index (χ1n) is 8.03. The zero-order valence-electron chi connectivity index (χ0n) is 13.0. The molecule has 0 saturated heterocycles. The Kier molecular flexibility index (Phi) is 4.55. The van der Waals surface area contributed by atoms with Crippen LogP contribution in [0, 0.1) is 0 Å². The van der Waals surface area contributed by atoms with E-state index in [1.54, 1.807) is 0 Å². The number of nitrogens with zero attached hydrogens (tertiary/aromatic N) is 2. The van der Waals surface area contributed by atoms with Gasteiger partial charge in [0.15, 0.2) is 5.82 Å². The number of aliphatic hydroxyl groups excluding tert-OH is 1. The van der Waals surface area contributed by atoms with Gasteiger partial charge in [0.25, 0.3) is 0 Å². The Morgan fingerprint density at radius 1 is 1.36 bits per heavy atom. The normalized spacial score (nSPS) is 20.3. The van der Waals surface area contributed by atoms with E-state index in [9.17, 15) is 5.11 Å². The number of hydrogen-bond donors (Lipinski definition) is 2. The van der Waals surface area contributed by atoms with Gasteiger partial charge >= 0.3 is 0 Å². The third-order valence-electron chi connectivity index (χ3n) is 4.46. The lowest BCUT2D eigenvalue weighted by Gasteiger charge is -2.29. The molecule has 5 heteroatoms. The topological polar surface area (TPSA) is 71.2 Å². The van der Waals surface area contributed by atoms with Crippen LogP contribution in [0.3, 0.4) is 0 Å². The van der Waals surface area contributed by atoms with Crippen LogP contribution in [0.5, 0.6) is 0 Å². The Bertz CT molecular complexity index is 626. The van der Waals surface area contributed by atoms with Crippen LogP contribution in [-0.4, -0.2) is 21.9 Å². The van der Waals surface area contributed by atoms with Gasteiger partial charge in [0, 0.05) is 6.42 Å². The molecule has 1 unspecified atom stereocenters. The van der Waals surface area contributed by atoms with Crippen LogP contribution in [0.25, 0.3) is 0 Å². The van der Waals surface area contributed by atoms with Gasteiger partial charge in [-0.05, 0) is 30.4 Å². The number of aliphatic hydroxyl groups is 1. The maximum Gasteiger partial charge on any atom is 0.226 e. The lowest BCUT2D eigenvalue weighted by Crippen LogP contribution is -2.43. The molecular formula is C17H23N3O2. The highest BCUT2D eigenvalue weighted by Gasteiger charge is 2.37. The summed E-state index contributed by atoms with van der Waals surface area (Å²) in [7, 11) is 0. The van der Waals surface area contributed by atoms with Gasteiger partial charge in [0.2, 0.25) is 5.89 Å². The highest BCUT2D eigenvalue weighted by molar-refractivity contribution is 5.38. The van der Waals surface area contributed by atoms with Crippen molar-refractivity contribution >= 4 is 0 Å². The van der Waals surface area contributed by atoms with Crippen LogP contribution in [0.15, 0.2) is 28.8 Å². The minimum absolute atomic E-state index is 0.0740. The van der Waals surface area contributed by atoms with Gasteiger partial charge in [-0.3, -0.25) is 5.32 Å². The van der Waals surface area contributed by atoms with E-state index in [2.05, 4.69) is 34.5 Å². The standard InChI is InChI=1S/C17H23N3O2/c1-2-3-8-16-19-15(20-22-16)11-18-17(12-21)10-9-13-6-4-5-7-14(13)17/h4-7,18,21H,2-3,8-12H2,1H3. The molecule has 0 saturated carbocycles. The van der Waals surface area contributed by atoms with Gasteiger partial charge in [-0.2, -0.15) is 4.98 Å². The minimum atomic E-state index is -0.388. The molecule has 0 spiro atoms. The van der Waals surface area contributed by atoms with Crippen molar-refractivity contribution in [3.63, 3.8) is 0 Å². The number of fused-ring (bicyclic) bond motifs is 1. The van der Waals surface area contributed by atoms with Crippen LogP contribution in [0.4, 0.5) is 0 Å². The van der Waals surface area contributed by atoms with E-state index >= 15 is 0 Å². The van der Waals surface area contributed by atoms with E-state index in [0.717, 1.165) is 32.1 Å². The van der Waals surface area contributed by atoms with Gasteiger partial charge in [0.05, 0.1) is 18.7 Å². The van der Waals surface area contributed by atoms with Crippen LogP contribution in [0.2, 0.25) is 0 Å². The van der Waals surface area contributed by atoms with Crippen molar-refractivity contribution in [2.24, 2.45) is 0 Å². The second-order valence-electron chi connectivity index (χ2n) is 5.96. The first-order chi connectivity index (χ1) is 10.8. The van der Waals surface area contributed by atoms with Crippen molar-refractivity contribution in [2.45, 2.75) is 51.1 Å². The van der Waals surface area contributed by atoms with Crippen molar-refractivity contribution in [1.29, 1.82) is 0 Å². The zero-order chi connectivity index (χ0) is 15.4. The summed E-state index contributed by atoms with van der Waals surface area (Å²) in [6, 6.07) is 8.29. The SMILES string of the molecule is CCCCc1nc(CNC2(CO)CCc3ccccc32)no1. The van der Waals surface area contributed by atoms with E-state index < -0.39 is 0 Å². The van der Waals surface area contributed by atoms with Gasteiger partial charge in [0.1, 0.15) is 0 Å². The van der Waals surface area contributed by atoms with Crippen molar-refractivity contribution in [2.75, 3.05) is 6.61 Å². The summed E-state index contributed by atoms with van der Waals surface area (Å²) in [6.07, 6.45) is 4.88. The summed E-state index contributed by atoms with van der Waals surface area (Å²) in [6.45, 7) is 2.72. The first-order valence-corrected chi connectivity index (χ1v) is 8.03. The fourth-order valence-electron chi connectivity index (χ4n) is 3.13. The van der Waals surface area contributed by atoms with E-state index in [1.807, 2.05) is 12.1 Å². The lowest BCUT2D eigenvalue weighted by molar-refractivity contribution is 0.157. The average Bonchev–Trinajstić information content (AvgIpc) is 3.16. The molecule has 1 aromatic carbocycles. The molecule has 1 aromatic heterocycles. The molecule has 1 atom stereocenters. The van der Waals surface area contributed by atoms with Crippen LogP contribution < -0.4 is 5.32 Å². The van der Waals surface area contributed by atoms with Gasteiger partial charge < -0.3 is 9.63 Å². The fraction of sp³-hybridized carbons (Fsp3) is 0.529. The Morgan fingerprint density at radius 2 is 2.23 bits per heavy atom. The summed E-state index contributed by atoms with van der Waals surface area (Å²) in [5.74, 6) is 1.35.